The Morgan fingerprint density at radius 1 is 0.936 bits per heavy atom. The maximum absolute atomic E-state index is 13.5. The maximum atomic E-state index is 13.5. The van der Waals surface area contributed by atoms with Gasteiger partial charge in [0, 0.05) is 29.6 Å². The molecule has 0 aromatic heterocycles. The van der Waals surface area contributed by atoms with E-state index in [9.17, 15) is 13.2 Å². The fourth-order valence-corrected chi connectivity index (χ4v) is 9.23. The van der Waals surface area contributed by atoms with Crippen LogP contribution in [0.4, 0.5) is 5.69 Å². The molecule has 4 aliphatic rings. The molecule has 9 nitrogen and oxygen atoms in total. The topological polar surface area (TPSA) is 106 Å². The van der Waals surface area contributed by atoms with Crippen molar-refractivity contribution in [3.05, 3.63) is 58.1 Å². The van der Waals surface area contributed by atoms with Crippen LogP contribution in [0.5, 0.6) is 5.75 Å². The summed E-state index contributed by atoms with van der Waals surface area (Å²) in [5, 5.41) is 3.26. The molecule has 11 heteroatoms. The van der Waals surface area contributed by atoms with E-state index in [1.165, 1.54) is 5.56 Å². The van der Waals surface area contributed by atoms with Gasteiger partial charge in [-0.2, -0.15) is 0 Å². The number of nitrogens with zero attached hydrogens (tertiary/aromatic N) is 1. The molecule has 0 spiro atoms. The summed E-state index contributed by atoms with van der Waals surface area (Å²) in [4.78, 5) is 15.9. The number of hydrogen-bond acceptors (Lipinski definition) is 8. The van der Waals surface area contributed by atoms with Gasteiger partial charge in [0.15, 0.2) is 6.29 Å². The molecular weight excluding hydrogens is 638 g/mol. The molecule has 5 atom stereocenters. The normalized spacial score (nSPS) is 32.0. The van der Waals surface area contributed by atoms with Crippen LogP contribution in [0.15, 0.2) is 36.4 Å². The zero-order valence-electron chi connectivity index (χ0n) is 27.9. The lowest BCUT2D eigenvalue weighted by Gasteiger charge is -2.48. The molecule has 6 rings (SSSR count). The number of nitrogens with one attached hydrogen (secondary N) is 2. The van der Waals surface area contributed by atoms with Crippen LogP contribution in [0.2, 0.25) is 5.02 Å². The average Bonchev–Trinajstić information content (AvgIpc) is 3.08. The van der Waals surface area contributed by atoms with Crippen molar-refractivity contribution in [3.63, 3.8) is 0 Å². The number of anilines is 1. The van der Waals surface area contributed by atoms with Gasteiger partial charge < -0.3 is 24.4 Å². The lowest BCUT2D eigenvalue weighted by atomic mass is 9.65. The van der Waals surface area contributed by atoms with Crippen molar-refractivity contribution in [2.24, 2.45) is 23.7 Å². The molecule has 1 saturated heterocycles. The van der Waals surface area contributed by atoms with Crippen LogP contribution >= 0.6 is 11.6 Å². The van der Waals surface area contributed by atoms with Crippen LogP contribution in [-0.4, -0.2) is 65.3 Å². The molecule has 2 fully saturated rings. The van der Waals surface area contributed by atoms with Gasteiger partial charge in [0.05, 0.1) is 30.2 Å². The third-order valence-corrected chi connectivity index (χ3v) is 13.3. The molecule has 47 heavy (non-hydrogen) atoms. The first-order chi connectivity index (χ1) is 22.6. The summed E-state index contributed by atoms with van der Waals surface area (Å²) < 4.78 is 48.4. The van der Waals surface area contributed by atoms with E-state index in [0.29, 0.717) is 43.0 Å². The van der Waals surface area contributed by atoms with E-state index in [4.69, 9.17) is 25.8 Å². The Morgan fingerprint density at radius 2 is 1.74 bits per heavy atom. The summed E-state index contributed by atoms with van der Waals surface area (Å²) in [5.74, 6) is 1.03. The van der Waals surface area contributed by atoms with Crippen LogP contribution in [0, 0.1) is 23.7 Å². The van der Waals surface area contributed by atoms with Gasteiger partial charge in [-0.15, -0.1) is 0 Å². The smallest absolute Gasteiger partial charge is 0.264 e. The highest BCUT2D eigenvalue weighted by atomic mass is 35.5. The van der Waals surface area contributed by atoms with Crippen LogP contribution < -0.4 is 19.7 Å². The fourth-order valence-electron chi connectivity index (χ4n) is 7.73. The van der Waals surface area contributed by atoms with E-state index in [0.717, 1.165) is 80.7 Å². The summed E-state index contributed by atoms with van der Waals surface area (Å²) in [6.45, 7) is 6.88. The van der Waals surface area contributed by atoms with Crippen LogP contribution in [0.25, 0.3) is 0 Å². The van der Waals surface area contributed by atoms with Crippen LogP contribution in [-0.2, 0) is 32.5 Å². The molecule has 2 aromatic carbocycles. The van der Waals surface area contributed by atoms with Gasteiger partial charge in [-0.1, -0.05) is 31.0 Å². The second kappa shape index (κ2) is 15.0. The highest BCUT2D eigenvalue weighted by molar-refractivity contribution is 7.90. The Labute approximate surface area is 285 Å². The van der Waals surface area contributed by atoms with Gasteiger partial charge >= 0.3 is 0 Å². The maximum Gasteiger partial charge on any atom is 0.264 e. The second-order valence-electron chi connectivity index (χ2n) is 14.1. The fraction of sp³-hybridized carbons (Fsp3) is 0.639. The number of ether oxygens (including phenoxy) is 3. The van der Waals surface area contributed by atoms with Gasteiger partial charge in [-0.3, -0.25) is 4.79 Å². The van der Waals surface area contributed by atoms with Crippen molar-refractivity contribution in [1.82, 2.24) is 10.0 Å². The Morgan fingerprint density at radius 3 is 2.49 bits per heavy atom. The number of likely N-dealkylation sites (N-methyl/N-ethyl adjacent to an activating group) is 1. The Bertz CT molecular complexity index is 1510. The van der Waals surface area contributed by atoms with E-state index in [-0.39, 0.29) is 24.2 Å². The first-order valence-electron chi connectivity index (χ1n) is 17.4. The summed E-state index contributed by atoms with van der Waals surface area (Å²) in [6.07, 6.45) is 7.33. The van der Waals surface area contributed by atoms with Crippen LogP contribution in [0.1, 0.15) is 80.3 Å². The first-order valence-corrected chi connectivity index (χ1v) is 19.3. The summed E-state index contributed by atoms with van der Waals surface area (Å²) >= 11 is 6.37. The summed E-state index contributed by atoms with van der Waals surface area (Å²) in [5.41, 5.74) is 3.41. The second-order valence-corrected chi connectivity index (χ2v) is 16.5. The zero-order valence-corrected chi connectivity index (χ0v) is 29.5. The van der Waals surface area contributed by atoms with Gasteiger partial charge in [-0.25, -0.2) is 13.1 Å². The van der Waals surface area contributed by atoms with Crippen molar-refractivity contribution in [2.75, 3.05) is 38.3 Å². The third kappa shape index (κ3) is 7.93. The predicted octanol–water partition coefficient (Wildman–Crippen LogP) is 5.93. The Kier molecular flexibility index (Phi) is 11.0. The van der Waals surface area contributed by atoms with Crippen molar-refractivity contribution < 1.29 is 27.4 Å². The number of hydrogen-bond donors (Lipinski definition) is 2. The molecule has 2 bridgehead atoms. The summed E-state index contributed by atoms with van der Waals surface area (Å²) in [7, 11) is -1.97. The Balaban J connectivity index is 1.35. The average molecular weight is 688 g/mol. The van der Waals surface area contributed by atoms with Crippen molar-refractivity contribution >= 4 is 33.2 Å². The van der Waals surface area contributed by atoms with E-state index < -0.39 is 21.2 Å². The number of fused-ring (bicyclic) bond motifs is 3. The molecule has 1 aliphatic carbocycles. The number of carbonyl (C=O) groups excluding carboxylic acids is 1. The van der Waals surface area contributed by atoms with Gasteiger partial charge in [0.25, 0.3) is 5.91 Å². The lowest BCUT2D eigenvalue weighted by Crippen LogP contribution is -2.50. The monoisotopic (exact) mass is 687 g/mol. The lowest BCUT2D eigenvalue weighted by molar-refractivity contribution is -0.231. The molecule has 3 heterocycles. The standard InChI is InChI=1S/C36H50ClN3O6S/c1-23-7-6-9-32(36-45-21-30(38-3)22-46-36)31-14-11-27(31)19-40-16-5-4-8-25-17-29(37)13-10-28(25)20-44-34-15-12-26(18-33(34)40)35(41)39-47(42,43)24(23)2/h10,12-13,15,17-18,23-24,27,30-32,36,38H,4-9,11,14,16,19-22H2,1-3H3,(H,39,41)/t23-,24+,27-,30?,31+,32-,36?/m0/s1. The van der Waals surface area contributed by atoms with Gasteiger partial charge in [0.2, 0.25) is 10.0 Å². The number of amides is 1. The molecular formula is C36H50ClN3O6S. The van der Waals surface area contributed by atoms with Gasteiger partial charge in [0.1, 0.15) is 12.4 Å². The quantitative estimate of drug-likeness (QED) is 0.400. The number of halogens is 1. The molecule has 1 amide bonds. The minimum atomic E-state index is -3.90. The number of aryl methyl sites for hydroxylation is 1. The largest absolute Gasteiger partial charge is 0.487 e. The molecule has 0 radical (unpaired) electrons. The molecule has 2 N–H and O–H groups in total. The van der Waals surface area contributed by atoms with E-state index >= 15 is 0 Å². The minimum absolute atomic E-state index is 0.123. The molecule has 3 aliphatic heterocycles. The molecule has 2 aromatic rings. The van der Waals surface area contributed by atoms with Crippen molar-refractivity contribution in [3.8, 4) is 5.75 Å². The number of sulfonamides is 1. The van der Waals surface area contributed by atoms with E-state index in [1.54, 1.807) is 13.0 Å². The minimum Gasteiger partial charge on any atom is -0.487 e. The van der Waals surface area contributed by atoms with Gasteiger partial charge in [-0.05, 0) is 118 Å². The highest BCUT2D eigenvalue weighted by Gasteiger charge is 2.43. The number of benzene rings is 2. The van der Waals surface area contributed by atoms with E-state index in [1.807, 2.05) is 44.3 Å². The predicted molar refractivity (Wildman–Crippen MR) is 184 cm³/mol. The summed E-state index contributed by atoms with van der Waals surface area (Å²) in [6, 6.07) is 11.4. The molecule has 1 saturated carbocycles. The van der Waals surface area contributed by atoms with Crippen LogP contribution in [0.3, 0.4) is 0 Å². The number of carbonyl (C=O) groups is 1. The van der Waals surface area contributed by atoms with Crippen molar-refractivity contribution in [1.29, 1.82) is 0 Å². The zero-order chi connectivity index (χ0) is 33.1. The first kappa shape index (κ1) is 34.5. The van der Waals surface area contributed by atoms with Crippen molar-refractivity contribution in [2.45, 2.75) is 89.4 Å². The number of rotatable bonds is 2. The third-order valence-electron chi connectivity index (χ3n) is 11.1. The SMILES string of the molecule is CNC1COC([C@H]2CCC[C@H](C)[C@@H](C)S(=O)(=O)NC(=O)c3ccc4c(c3)N(CCCCc3cc(Cl)ccc3CO4)C[C@@H]3CC[C@H]32)OC1. The van der Waals surface area contributed by atoms with E-state index in [2.05, 4.69) is 14.9 Å². The molecule has 0 unspecified atom stereocenters. The highest BCUT2D eigenvalue weighted by Crippen LogP contribution is 2.46. The Hall–Kier alpha value is -2.37. The molecule has 258 valence electrons.